The van der Waals surface area contributed by atoms with Crippen LogP contribution in [0.15, 0.2) is 36.0 Å². The molecule has 9 unspecified atom stereocenters. The van der Waals surface area contributed by atoms with Crippen molar-refractivity contribution in [2.75, 3.05) is 0 Å². The number of hydrogen-bond donors (Lipinski definition) is 2. The Hall–Kier alpha value is -0.940. The molecule has 0 aromatic heterocycles. The van der Waals surface area contributed by atoms with E-state index in [2.05, 4.69) is 44.2 Å². The summed E-state index contributed by atoms with van der Waals surface area (Å²) in [5.41, 5.74) is 1.08. The van der Waals surface area contributed by atoms with Crippen LogP contribution in [0, 0.1) is 35.5 Å². The number of aliphatic hydroxyl groups is 2. The fourth-order valence-corrected chi connectivity index (χ4v) is 6.49. The fourth-order valence-electron chi connectivity index (χ4n) is 6.49. The quantitative estimate of drug-likeness (QED) is 0.674. The van der Waals surface area contributed by atoms with Gasteiger partial charge in [0, 0.05) is 6.42 Å². The first-order valence-corrected chi connectivity index (χ1v) is 12.2. The first kappa shape index (κ1) is 22.3. The minimum absolute atomic E-state index is 0.0495. The maximum absolute atomic E-state index is 12.2. The molecule has 30 heavy (non-hydrogen) atoms. The Bertz CT molecular complexity index is 668. The Kier molecular flexibility index (Phi) is 7.19. The summed E-state index contributed by atoms with van der Waals surface area (Å²) in [7, 11) is 0. The molecule has 0 spiro atoms. The van der Waals surface area contributed by atoms with Gasteiger partial charge in [-0.05, 0) is 60.3 Å². The lowest BCUT2D eigenvalue weighted by atomic mass is 9.70. The van der Waals surface area contributed by atoms with Crippen molar-refractivity contribution < 1.29 is 20.1 Å². The van der Waals surface area contributed by atoms with Gasteiger partial charge in [-0.1, -0.05) is 69.9 Å². The molecule has 168 valence electrons. The Balaban J connectivity index is 1.59. The second-order valence-electron chi connectivity index (χ2n) is 10.1. The van der Waals surface area contributed by atoms with E-state index in [-0.39, 0.29) is 23.9 Å². The molecule has 0 bridgehead atoms. The van der Waals surface area contributed by atoms with Gasteiger partial charge in [0.15, 0.2) is 6.29 Å². The molecule has 1 saturated carbocycles. The molecule has 2 N–H and O–H groups in total. The van der Waals surface area contributed by atoms with Gasteiger partial charge >= 0.3 is 0 Å². The molecule has 4 heteroatoms. The van der Waals surface area contributed by atoms with Gasteiger partial charge in [0.2, 0.25) is 0 Å². The minimum Gasteiger partial charge on any atom is -0.852 e. The van der Waals surface area contributed by atoms with E-state index >= 15 is 0 Å². The van der Waals surface area contributed by atoms with E-state index in [1.54, 1.807) is 0 Å². The monoisotopic (exact) mass is 415 g/mol. The van der Waals surface area contributed by atoms with E-state index < -0.39 is 18.5 Å². The molecule has 0 aromatic rings. The van der Waals surface area contributed by atoms with Gasteiger partial charge in [0.25, 0.3) is 0 Å². The Labute approximate surface area is 181 Å². The molecule has 0 radical (unpaired) electrons. The molecule has 3 aliphatic carbocycles. The number of rotatable bonds is 2. The van der Waals surface area contributed by atoms with Gasteiger partial charge in [-0.2, -0.15) is 0 Å². The first-order chi connectivity index (χ1) is 14.5. The van der Waals surface area contributed by atoms with Crippen LogP contribution in [0.25, 0.3) is 0 Å². The van der Waals surface area contributed by atoms with Crippen LogP contribution in [0.3, 0.4) is 0 Å². The molecule has 1 aliphatic heterocycles. The summed E-state index contributed by atoms with van der Waals surface area (Å²) in [6.45, 7) is 4.26. The molecule has 0 amide bonds. The van der Waals surface area contributed by atoms with Gasteiger partial charge in [0.1, 0.15) is 0 Å². The van der Waals surface area contributed by atoms with E-state index in [9.17, 15) is 15.3 Å². The highest BCUT2D eigenvalue weighted by Gasteiger charge is 2.48. The molecule has 1 heterocycles. The van der Waals surface area contributed by atoms with Gasteiger partial charge in [-0.25, -0.2) is 0 Å². The Morgan fingerprint density at radius 2 is 1.90 bits per heavy atom. The van der Waals surface area contributed by atoms with Gasteiger partial charge in [-0.15, -0.1) is 6.10 Å². The molecule has 4 nitrogen and oxygen atoms in total. The SMILES string of the molecule is CC/C=C/C1CCCCC(C)C(O)C2=CC3C(C=CC4C[C@H]([O-])CC43)C2CC(O)O1. The lowest BCUT2D eigenvalue weighted by molar-refractivity contribution is -0.418. The van der Waals surface area contributed by atoms with Gasteiger partial charge < -0.3 is 20.1 Å². The smallest absolute Gasteiger partial charge is 0.155 e. The standard InChI is InChI=1S/C26H39O4/c1-3-4-8-19-9-6-5-7-16(2)26(29)24-14-22-20(23(24)15-25(28)30-19)11-10-17-12-18(27)13-21(17)22/h4,8,10-11,14,16-23,25-26,28-29H,3,5-7,9,12-13,15H2,1-2H3/q-1/b8-4+/t16?,17?,18-,19?,20?,21?,22?,23?,25?,26?/m0/s1. The van der Waals surface area contributed by atoms with Crippen molar-refractivity contribution in [2.24, 2.45) is 35.5 Å². The molecule has 4 aliphatic rings. The molecule has 4 rings (SSSR count). The van der Waals surface area contributed by atoms with Crippen LogP contribution in [0.4, 0.5) is 0 Å². The van der Waals surface area contributed by atoms with Crippen molar-refractivity contribution in [2.45, 2.75) is 89.8 Å². The van der Waals surface area contributed by atoms with Crippen LogP contribution >= 0.6 is 0 Å². The molecule has 1 saturated heterocycles. The number of hydrogen-bond acceptors (Lipinski definition) is 4. The molecule has 10 atom stereocenters. The van der Waals surface area contributed by atoms with Crippen LogP contribution in [-0.4, -0.2) is 34.8 Å². The van der Waals surface area contributed by atoms with Crippen LogP contribution in [0.2, 0.25) is 0 Å². The average molecular weight is 416 g/mol. The largest absolute Gasteiger partial charge is 0.852 e. The molecule has 0 aromatic carbocycles. The van der Waals surface area contributed by atoms with Crippen molar-refractivity contribution >= 4 is 0 Å². The van der Waals surface area contributed by atoms with Crippen LogP contribution in [-0.2, 0) is 4.74 Å². The lowest BCUT2D eigenvalue weighted by Crippen LogP contribution is -2.33. The summed E-state index contributed by atoms with van der Waals surface area (Å²) in [6.07, 6.45) is 16.2. The highest BCUT2D eigenvalue weighted by Crippen LogP contribution is 2.53. The second-order valence-corrected chi connectivity index (χ2v) is 10.1. The Morgan fingerprint density at radius 1 is 1.10 bits per heavy atom. The normalized spacial score (nSPS) is 47.2. The highest BCUT2D eigenvalue weighted by atomic mass is 16.6. The highest BCUT2D eigenvalue weighted by molar-refractivity contribution is 5.30. The molecule has 2 fully saturated rings. The number of aliphatic hydroxyl groups excluding tert-OH is 2. The average Bonchev–Trinajstić information content (AvgIpc) is 3.27. The zero-order chi connectivity index (χ0) is 21.3. The fraction of sp³-hybridized carbons (Fsp3) is 0.769. The summed E-state index contributed by atoms with van der Waals surface area (Å²) in [5.74, 6) is 1.63. The van der Waals surface area contributed by atoms with E-state index in [1.807, 2.05) is 0 Å². The third-order valence-corrected chi connectivity index (χ3v) is 8.07. The van der Waals surface area contributed by atoms with Gasteiger partial charge in [0.05, 0.1) is 12.2 Å². The van der Waals surface area contributed by atoms with E-state index in [4.69, 9.17) is 4.74 Å². The van der Waals surface area contributed by atoms with Crippen molar-refractivity contribution in [1.82, 2.24) is 0 Å². The minimum atomic E-state index is -0.840. The number of ether oxygens (including phenoxy) is 1. The summed E-state index contributed by atoms with van der Waals surface area (Å²) in [5, 5.41) is 34.3. The van der Waals surface area contributed by atoms with Crippen molar-refractivity contribution in [3.63, 3.8) is 0 Å². The maximum Gasteiger partial charge on any atom is 0.155 e. The maximum atomic E-state index is 12.2. The second kappa shape index (κ2) is 9.68. The summed E-state index contributed by atoms with van der Waals surface area (Å²) in [6, 6.07) is 0. The lowest BCUT2D eigenvalue weighted by Gasteiger charge is -2.36. The zero-order valence-corrected chi connectivity index (χ0v) is 18.5. The van der Waals surface area contributed by atoms with E-state index in [0.717, 1.165) is 50.5 Å². The third kappa shape index (κ3) is 4.62. The van der Waals surface area contributed by atoms with Gasteiger partial charge in [-0.3, -0.25) is 0 Å². The Morgan fingerprint density at radius 3 is 2.70 bits per heavy atom. The van der Waals surface area contributed by atoms with Crippen molar-refractivity contribution in [3.8, 4) is 0 Å². The predicted molar refractivity (Wildman–Crippen MR) is 116 cm³/mol. The first-order valence-electron chi connectivity index (χ1n) is 12.2. The number of fused-ring (bicyclic) bond motifs is 5. The number of allylic oxidation sites excluding steroid dienone is 4. The predicted octanol–water partition coefficient (Wildman–Crippen LogP) is 3.73. The van der Waals surface area contributed by atoms with E-state index in [1.165, 1.54) is 0 Å². The summed E-state index contributed by atoms with van der Waals surface area (Å²) >= 11 is 0. The van der Waals surface area contributed by atoms with Crippen LogP contribution in [0.1, 0.15) is 65.2 Å². The topological polar surface area (TPSA) is 72.8 Å². The molecular formula is C26H39O4-. The summed E-state index contributed by atoms with van der Waals surface area (Å²) in [4.78, 5) is 0. The van der Waals surface area contributed by atoms with E-state index in [0.29, 0.717) is 24.2 Å². The van der Waals surface area contributed by atoms with Crippen molar-refractivity contribution in [1.29, 1.82) is 0 Å². The summed E-state index contributed by atoms with van der Waals surface area (Å²) < 4.78 is 6.06. The van der Waals surface area contributed by atoms with Crippen LogP contribution < -0.4 is 5.11 Å². The third-order valence-electron chi connectivity index (χ3n) is 8.07. The van der Waals surface area contributed by atoms with Crippen molar-refractivity contribution in [3.05, 3.63) is 36.0 Å². The van der Waals surface area contributed by atoms with Crippen LogP contribution in [0.5, 0.6) is 0 Å². The molecular weight excluding hydrogens is 376 g/mol. The zero-order valence-electron chi connectivity index (χ0n) is 18.5.